The second kappa shape index (κ2) is 8.27. The quantitative estimate of drug-likeness (QED) is 0.560. The van der Waals surface area contributed by atoms with Crippen molar-refractivity contribution in [2.75, 3.05) is 9.44 Å². The molecule has 0 amide bonds. The first kappa shape index (κ1) is 22.7. The minimum Gasteiger partial charge on any atom is -0.280 e. The highest BCUT2D eigenvalue weighted by atomic mass is 32.2. The molecule has 0 fully saturated rings. The highest BCUT2D eigenvalue weighted by Crippen LogP contribution is 2.26. The Labute approximate surface area is 180 Å². The van der Waals surface area contributed by atoms with Gasteiger partial charge >= 0.3 is 0 Å². The van der Waals surface area contributed by atoms with Crippen LogP contribution in [0, 0.1) is 32.4 Å². The van der Waals surface area contributed by atoms with E-state index in [1.165, 1.54) is 18.2 Å². The Bertz CT molecular complexity index is 1370. The third kappa shape index (κ3) is 5.02. The average molecular weight is 467 g/mol. The maximum absolute atomic E-state index is 13.4. The van der Waals surface area contributed by atoms with Crippen LogP contribution < -0.4 is 9.44 Å². The third-order valence-electron chi connectivity index (χ3n) is 4.56. The van der Waals surface area contributed by atoms with Crippen molar-refractivity contribution in [2.24, 2.45) is 0 Å². The lowest BCUT2D eigenvalue weighted by Crippen LogP contribution is -2.17. The maximum atomic E-state index is 13.4. The average Bonchev–Trinajstić information content (AvgIpc) is 2.67. The van der Waals surface area contributed by atoms with Crippen LogP contribution in [0.1, 0.15) is 16.7 Å². The van der Waals surface area contributed by atoms with Gasteiger partial charge in [-0.25, -0.2) is 25.6 Å². The summed E-state index contributed by atoms with van der Waals surface area (Å²) in [7, 11) is -8.30. The Morgan fingerprint density at radius 3 is 2.03 bits per heavy atom. The number of benzene rings is 3. The van der Waals surface area contributed by atoms with Crippen molar-refractivity contribution in [3.05, 3.63) is 82.9 Å². The fourth-order valence-electron chi connectivity index (χ4n) is 2.94. The first-order chi connectivity index (χ1) is 14.4. The van der Waals surface area contributed by atoms with Crippen LogP contribution in [0.4, 0.5) is 20.2 Å². The molecule has 0 aliphatic carbocycles. The van der Waals surface area contributed by atoms with E-state index in [2.05, 4.69) is 9.44 Å². The van der Waals surface area contributed by atoms with E-state index in [9.17, 15) is 25.6 Å². The molecule has 0 unspecified atom stereocenters. The summed E-state index contributed by atoms with van der Waals surface area (Å²) < 4.78 is 82.2. The zero-order valence-electron chi connectivity index (χ0n) is 16.9. The van der Waals surface area contributed by atoms with Crippen molar-refractivity contribution < 1.29 is 25.6 Å². The first-order valence-corrected chi connectivity index (χ1v) is 12.0. The van der Waals surface area contributed by atoms with E-state index in [1.807, 2.05) is 13.0 Å². The van der Waals surface area contributed by atoms with Crippen LogP contribution in [0.2, 0.25) is 0 Å². The number of halogens is 2. The molecule has 3 aromatic rings. The summed E-state index contributed by atoms with van der Waals surface area (Å²) in [5.41, 5.74) is 2.46. The predicted molar refractivity (Wildman–Crippen MR) is 115 cm³/mol. The summed E-state index contributed by atoms with van der Waals surface area (Å²) in [6, 6.07) is 11.4. The number of nitrogens with one attached hydrogen (secondary N) is 2. The van der Waals surface area contributed by atoms with Crippen LogP contribution in [-0.2, 0) is 20.0 Å². The molecular weight excluding hydrogens is 446 g/mol. The topological polar surface area (TPSA) is 92.3 Å². The van der Waals surface area contributed by atoms with E-state index in [-0.39, 0.29) is 10.6 Å². The molecular formula is C21H20F2N2O4S2. The van der Waals surface area contributed by atoms with Crippen molar-refractivity contribution in [1.82, 2.24) is 0 Å². The molecule has 0 saturated heterocycles. The second-order valence-corrected chi connectivity index (χ2v) is 10.4. The predicted octanol–water partition coefficient (Wildman–Crippen LogP) is 4.49. The summed E-state index contributed by atoms with van der Waals surface area (Å²) in [4.78, 5) is -0.622. The molecule has 0 saturated carbocycles. The molecule has 0 aliphatic rings. The van der Waals surface area contributed by atoms with E-state index in [1.54, 1.807) is 26.0 Å². The molecule has 0 heterocycles. The molecule has 6 nitrogen and oxygen atoms in total. The van der Waals surface area contributed by atoms with Gasteiger partial charge in [-0.3, -0.25) is 9.44 Å². The summed E-state index contributed by atoms with van der Waals surface area (Å²) in [5.74, 6) is -2.49. The molecule has 31 heavy (non-hydrogen) atoms. The summed E-state index contributed by atoms with van der Waals surface area (Å²) in [5, 5.41) is 0. The van der Waals surface area contributed by atoms with Gasteiger partial charge in [-0.15, -0.1) is 0 Å². The Hall–Kier alpha value is -2.98. The van der Waals surface area contributed by atoms with Gasteiger partial charge in [0.2, 0.25) is 0 Å². The molecule has 3 rings (SSSR count). The molecule has 0 aromatic heterocycles. The van der Waals surface area contributed by atoms with Crippen molar-refractivity contribution in [2.45, 2.75) is 30.6 Å². The molecule has 0 spiro atoms. The number of sulfonamides is 2. The third-order valence-corrected chi connectivity index (χ3v) is 7.44. The number of rotatable bonds is 6. The molecule has 0 atom stereocenters. The van der Waals surface area contributed by atoms with Gasteiger partial charge in [0.05, 0.1) is 21.2 Å². The van der Waals surface area contributed by atoms with Crippen LogP contribution in [0.15, 0.2) is 64.4 Å². The molecule has 10 heteroatoms. The Morgan fingerprint density at radius 2 is 1.39 bits per heavy atom. The van der Waals surface area contributed by atoms with Gasteiger partial charge in [0.1, 0.15) is 0 Å². The van der Waals surface area contributed by atoms with Gasteiger partial charge in [-0.05, 0) is 68.3 Å². The molecule has 0 bridgehead atoms. The molecule has 0 radical (unpaired) electrons. The molecule has 2 N–H and O–H groups in total. The maximum Gasteiger partial charge on any atom is 0.262 e. The van der Waals surface area contributed by atoms with Crippen LogP contribution in [0.5, 0.6) is 0 Å². The van der Waals surface area contributed by atoms with Gasteiger partial charge in [-0.2, -0.15) is 0 Å². The van der Waals surface area contributed by atoms with Gasteiger partial charge in [0.25, 0.3) is 20.0 Å². The Morgan fingerprint density at radius 1 is 0.677 bits per heavy atom. The molecule has 0 aliphatic heterocycles. The number of hydrogen-bond donors (Lipinski definition) is 2. The van der Waals surface area contributed by atoms with Gasteiger partial charge < -0.3 is 0 Å². The summed E-state index contributed by atoms with van der Waals surface area (Å²) >= 11 is 0. The van der Waals surface area contributed by atoms with E-state index in [0.29, 0.717) is 23.4 Å². The Balaban J connectivity index is 1.94. The van der Waals surface area contributed by atoms with Crippen molar-refractivity contribution in [3.63, 3.8) is 0 Å². The van der Waals surface area contributed by atoms with E-state index in [4.69, 9.17) is 0 Å². The smallest absolute Gasteiger partial charge is 0.262 e. The summed E-state index contributed by atoms with van der Waals surface area (Å²) in [6.07, 6.45) is 0. The second-order valence-electron chi connectivity index (χ2n) is 7.09. The zero-order valence-corrected chi connectivity index (χ0v) is 18.5. The van der Waals surface area contributed by atoms with Crippen molar-refractivity contribution in [1.29, 1.82) is 0 Å². The van der Waals surface area contributed by atoms with Crippen LogP contribution in [0.3, 0.4) is 0 Å². The van der Waals surface area contributed by atoms with Crippen molar-refractivity contribution >= 4 is 31.4 Å². The summed E-state index contributed by atoms with van der Waals surface area (Å²) in [6.45, 7) is 5.23. The number of hydrogen-bond acceptors (Lipinski definition) is 4. The van der Waals surface area contributed by atoms with E-state index >= 15 is 0 Å². The van der Waals surface area contributed by atoms with Gasteiger partial charge in [0.15, 0.2) is 11.6 Å². The Kier molecular flexibility index (Phi) is 6.06. The minimum atomic E-state index is -4.27. The zero-order chi connectivity index (χ0) is 23.0. The number of anilines is 2. The lowest BCUT2D eigenvalue weighted by atomic mass is 10.1. The van der Waals surface area contributed by atoms with E-state index in [0.717, 1.165) is 17.2 Å². The monoisotopic (exact) mass is 466 g/mol. The molecule has 164 valence electrons. The van der Waals surface area contributed by atoms with Crippen molar-refractivity contribution in [3.8, 4) is 0 Å². The first-order valence-electron chi connectivity index (χ1n) is 9.08. The van der Waals surface area contributed by atoms with Crippen LogP contribution >= 0.6 is 0 Å². The minimum absolute atomic E-state index is 0.0451. The fraction of sp³-hybridized carbons (Fsp3) is 0.143. The standard InChI is InChI=1S/C21H20F2N2O4S2/c1-13-4-9-20(15(3)10-13)25-31(28,29)21-11-16(6-5-14(21)2)24-30(26,27)17-7-8-18(22)19(23)12-17/h4-12,24-25H,1-3H3. The lowest BCUT2D eigenvalue weighted by molar-refractivity contribution is 0.504. The van der Waals surface area contributed by atoms with Gasteiger partial charge in [-0.1, -0.05) is 23.8 Å². The SMILES string of the molecule is Cc1ccc(NS(=O)(=O)c2cc(NS(=O)(=O)c3ccc(F)c(F)c3)ccc2C)c(C)c1. The van der Waals surface area contributed by atoms with Crippen LogP contribution in [-0.4, -0.2) is 16.8 Å². The van der Waals surface area contributed by atoms with Crippen LogP contribution in [0.25, 0.3) is 0 Å². The largest absolute Gasteiger partial charge is 0.280 e. The highest BCUT2D eigenvalue weighted by Gasteiger charge is 2.21. The highest BCUT2D eigenvalue weighted by molar-refractivity contribution is 7.93. The van der Waals surface area contributed by atoms with Gasteiger partial charge in [0, 0.05) is 0 Å². The lowest BCUT2D eigenvalue weighted by Gasteiger charge is -2.15. The van der Waals surface area contributed by atoms with E-state index < -0.39 is 36.6 Å². The fourth-order valence-corrected chi connectivity index (χ4v) is 5.40. The number of aryl methyl sites for hydroxylation is 3. The normalized spacial score (nSPS) is 11.9. The molecule has 3 aromatic carbocycles.